The van der Waals surface area contributed by atoms with Crippen molar-refractivity contribution in [3.8, 4) is 11.5 Å². The van der Waals surface area contributed by atoms with Crippen molar-refractivity contribution in [2.24, 2.45) is 0 Å². The van der Waals surface area contributed by atoms with Crippen molar-refractivity contribution in [1.29, 1.82) is 0 Å². The summed E-state index contributed by atoms with van der Waals surface area (Å²) >= 11 is 3.43. The van der Waals surface area contributed by atoms with E-state index < -0.39 is 12.3 Å². The molecule has 0 saturated heterocycles. The van der Waals surface area contributed by atoms with Gasteiger partial charge in [-0.3, -0.25) is 0 Å². The Labute approximate surface area is 163 Å². The van der Waals surface area contributed by atoms with Crippen LogP contribution in [0.2, 0.25) is 0 Å². The first kappa shape index (κ1) is 18.0. The molecule has 27 heavy (non-hydrogen) atoms. The van der Waals surface area contributed by atoms with Gasteiger partial charge < -0.3 is 20.1 Å². The molecule has 5 nitrogen and oxygen atoms in total. The Morgan fingerprint density at radius 3 is 2.59 bits per heavy atom. The lowest BCUT2D eigenvalue weighted by molar-refractivity contribution is -0.286. The number of hydrogen-bond donors (Lipinski definition) is 2. The molecule has 2 N–H and O–H groups in total. The van der Waals surface area contributed by atoms with Gasteiger partial charge in [-0.1, -0.05) is 35.0 Å². The summed E-state index contributed by atoms with van der Waals surface area (Å²) in [6, 6.07) is 11.9. The zero-order chi connectivity index (χ0) is 19.2. The molecule has 2 unspecified atom stereocenters. The van der Waals surface area contributed by atoms with Crippen LogP contribution in [0.5, 0.6) is 11.5 Å². The largest absolute Gasteiger partial charge is 0.586 e. The molecule has 2 atom stereocenters. The summed E-state index contributed by atoms with van der Waals surface area (Å²) in [4.78, 5) is 12.3. The van der Waals surface area contributed by atoms with Gasteiger partial charge in [-0.05, 0) is 42.7 Å². The van der Waals surface area contributed by atoms with Gasteiger partial charge in [0.25, 0.3) is 0 Å². The number of nitrogens with one attached hydrogen (secondary N) is 2. The molecule has 0 bridgehead atoms. The first-order valence-electron chi connectivity index (χ1n) is 8.55. The number of urea groups is 1. The molecule has 142 valence electrons. The summed E-state index contributed by atoms with van der Waals surface area (Å²) < 4.78 is 35.9. The first-order valence-corrected chi connectivity index (χ1v) is 9.34. The molecule has 0 spiro atoms. The Morgan fingerprint density at radius 2 is 1.89 bits per heavy atom. The van der Waals surface area contributed by atoms with Crippen molar-refractivity contribution in [2.45, 2.75) is 37.5 Å². The van der Waals surface area contributed by atoms with Crippen LogP contribution in [0, 0.1) is 0 Å². The number of rotatable bonds is 4. The van der Waals surface area contributed by atoms with Gasteiger partial charge in [-0.25, -0.2) is 4.79 Å². The zero-order valence-electron chi connectivity index (χ0n) is 14.4. The van der Waals surface area contributed by atoms with E-state index in [1.165, 1.54) is 23.8 Å². The minimum atomic E-state index is -3.68. The van der Waals surface area contributed by atoms with Crippen molar-refractivity contribution < 1.29 is 23.0 Å². The van der Waals surface area contributed by atoms with E-state index in [9.17, 15) is 13.6 Å². The molecule has 1 heterocycles. The van der Waals surface area contributed by atoms with Crippen LogP contribution in [0.15, 0.2) is 46.9 Å². The smallest absolute Gasteiger partial charge is 0.395 e. The quantitative estimate of drug-likeness (QED) is 0.704. The van der Waals surface area contributed by atoms with Gasteiger partial charge in [-0.15, -0.1) is 8.78 Å². The number of carbonyl (C=O) groups is 1. The van der Waals surface area contributed by atoms with Gasteiger partial charge in [0.05, 0.1) is 0 Å². The Morgan fingerprint density at radius 1 is 1.19 bits per heavy atom. The summed E-state index contributed by atoms with van der Waals surface area (Å²) in [5.74, 6) is -0.171. The van der Waals surface area contributed by atoms with Crippen LogP contribution < -0.4 is 20.1 Å². The number of anilines is 1. The van der Waals surface area contributed by atoms with Gasteiger partial charge in [-0.2, -0.15) is 0 Å². The lowest BCUT2D eigenvalue weighted by atomic mass is 9.92. The Kier molecular flexibility index (Phi) is 4.25. The Balaban J connectivity index is 1.40. The monoisotopic (exact) mass is 438 g/mol. The van der Waals surface area contributed by atoms with E-state index in [0.717, 1.165) is 17.3 Å². The van der Waals surface area contributed by atoms with Crippen LogP contribution in [-0.2, 0) is 5.41 Å². The van der Waals surface area contributed by atoms with Crippen molar-refractivity contribution >= 4 is 27.6 Å². The van der Waals surface area contributed by atoms with Gasteiger partial charge in [0, 0.05) is 27.7 Å². The fourth-order valence-electron chi connectivity index (χ4n) is 3.54. The van der Waals surface area contributed by atoms with Crippen LogP contribution in [0.3, 0.4) is 0 Å². The second-order valence-corrected chi connectivity index (χ2v) is 7.62. The highest BCUT2D eigenvalue weighted by atomic mass is 79.9. The van der Waals surface area contributed by atoms with E-state index in [1.54, 1.807) is 0 Å². The zero-order valence-corrected chi connectivity index (χ0v) is 16.0. The third-order valence-corrected chi connectivity index (χ3v) is 5.62. The van der Waals surface area contributed by atoms with Crippen molar-refractivity contribution in [1.82, 2.24) is 5.32 Å². The number of fused-ring (bicyclic) bond motifs is 1. The molecule has 4 rings (SSSR count). The maximum Gasteiger partial charge on any atom is 0.586 e. The SMILES string of the molecule is CCC1(c2ccc(Br)cc2)CC1NC(=O)Nc1ccc2c(c1)OC(F)(F)O2. The topological polar surface area (TPSA) is 59.6 Å². The molecule has 2 aromatic rings. The second kappa shape index (κ2) is 6.37. The van der Waals surface area contributed by atoms with Gasteiger partial charge in [0.1, 0.15) is 0 Å². The summed E-state index contributed by atoms with van der Waals surface area (Å²) in [7, 11) is 0. The van der Waals surface area contributed by atoms with Crippen molar-refractivity contribution in [2.75, 3.05) is 5.32 Å². The highest BCUT2D eigenvalue weighted by molar-refractivity contribution is 9.10. The summed E-state index contributed by atoms with van der Waals surface area (Å²) in [6.07, 6.45) is -1.92. The molecule has 2 amide bonds. The molecule has 1 saturated carbocycles. The highest BCUT2D eigenvalue weighted by Gasteiger charge is 2.54. The normalized spacial score (nSPS) is 24.4. The fraction of sp³-hybridized carbons (Fsp3) is 0.316. The number of carbonyl (C=O) groups excluding carboxylic acids is 1. The predicted molar refractivity (Wildman–Crippen MR) is 99.3 cm³/mol. The molecule has 8 heteroatoms. The van der Waals surface area contributed by atoms with Crippen molar-refractivity contribution in [3.05, 3.63) is 52.5 Å². The average Bonchev–Trinajstić information content (AvgIpc) is 3.21. The first-order chi connectivity index (χ1) is 12.8. The van der Waals surface area contributed by atoms with Crippen molar-refractivity contribution in [3.63, 3.8) is 0 Å². The number of ether oxygens (including phenoxy) is 2. The van der Waals surface area contributed by atoms with E-state index in [4.69, 9.17) is 0 Å². The molecule has 2 aliphatic rings. The lowest BCUT2D eigenvalue weighted by Gasteiger charge is -2.17. The number of hydrogen-bond acceptors (Lipinski definition) is 3. The molecule has 2 aromatic carbocycles. The van der Waals surface area contributed by atoms with E-state index >= 15 is 0 Å². The maximum atomic E-state index is 13.1. The van der Waals surface area contributed by atoms with Crippen LogP contribution >= 0.6 is 15.9 Å². The highest BCUT2D eigenvalue weighted by Crippen LogP contribution is 2.51. The van der Waals surface area contributed by atoms with E-state index in [0.29, 0.717) is 5.69 Å². The van der Waals surface area contributed by atoms with Gasteiger partial charge in [0.2, 0.25) is 0 Å². The van der Waals surface area contributed by atoms with E-state index in [1.807, 2.05) is 12.1 Å². The minimum Gasteiger partial charge on any atom is -0.395 e. The summed E-state index contributed by atoms with van der Waals surface area (Å²) in [5, 5.41) is 5.61. The molecule has 0 aromatic heterocycles. The van der Waals surface area contributed by atoms with Crippen LogP contribution in [0.1, 0.15) is 25.3 Å². The molecule has 0 radical (unpaired) electrons. The molecular weight excluding hydrogens is 422 g/mol. The third-order valence-electron chi connectivity index (χ3n) is 5.09. The lowest BCUT2D eigenvalue weighted by Crippen LogP contribution is -2.34. The summed E-state index contributed by atoms with van der Waals surface area (Å²) in [6.45, 7) is 2.10. The molecule has 1 aliphatic carbocycles. The molecular formula is C19H17BrF2N2O3. The molecule has 1 aliphatic heterocycles. The standard InChI is InChI=1S/C19H17BrF2N2O3/c1-2-18(11-3-5-12(20)6-4-11)10-16(18)24-17(25)23-13-7-8-14-15(9-13)27-19(21,22)26-14/h3-9,16H,2,10H2,1H3,(H2,23,24,25). The average molecular weight is 439 g/mol. The van der Waals surface area contributed by atoms with Gasteiger partial charge >= 0.3 is 12.3 Å². The second-order valence-electron chi connectivity index (χ2n) is 6.70. The number of amides is 2. The number of alkyl halides is 2. The Hall–Kier alpha value is -2.35. The number of halogens is 3. The van der Waals surface area contributed by atoms with E-state index in [-0.39, 0.29) is 23.0 Å². The third kappa shape index (κ3) is 3.45. The van der Waals surface area contributed by atoms with Crippen LogP contribution in [0.25, 0.3) is 0 Å². The van der Waals surface area contributed by atoms with Crippen LogP contribution in [-0.4, -0.2) is 18.4 Å². The van der Waals surface area contributed by atoms with Gasteiger partial charge in [0.15, 0.2) is 11.5 Å². The fourth-order valence-corrected chi connectivity index (χ4v) is 3.81. The minimum absolute atomic E-state index is 0.0158. The summed E-state index contributed by atoms with van der Waals surface area (Å²) in [5.41, 5.74) is 1.46. The number of benzene rings is 2. The maximum absolute atomic E-state index is 13.1. The molecule has 1 fully saturated rings. The Bertz CT molecular complexity index is 891. The predicted octanol–water partition coefficient (Wildman–Crippen LogP) is 5.01. The van der Waals surface area contributed by atoms with E-state index in [2.05, 4.69) is 55.1 Å². The van der Waals surface area contributed by atoms with Crippen LogP contribution in [0.4, 0.5) is 19.3 Å².